The number of amides is 1. The largest absolute Gasteiger partial charge is 0.334 e. The van der Waals surface area contributed by atoms with E-state index in [1.165, 1.54) is 13.1 Å². The predicted octanol–water partition coefficient (Wildman–Crippen LogP) is -0.915. The molecule has 0 saturated carbocycles. The van der Waals surface area contributed by atoms with E-state index in [1.807, 2.05) is 0 Å². The minimum Gasteiger partial charge on any atom is -0.334 e. The van der Waals surface area contributed by atoms with Crippen LogP contribution in [0.1, 0.15) is 6.92 Å². The van der Waals surface area contributed by atoms with Gasteiger partial charge in [-0.25, -0.2) is 0 Å². The van der Waals surface area contributed by atoms with Crippen LogP contribution in [-0.2, 0) is 4.79 Å². The molecule has 4 nitrogen and oxygen atoms in total. The molecule has 0 fully saturated rings. The van der Waals surface area contributed by atoms with E-state index < -0.39 is 0 Å². The number of carbonyl (C=O) groups excluding carboxylic acids is 1. The van der Waals surface area contributed by atoms with Gasteiger partial charge in [-0.2, -0.15) is 0 Å². The second-order valence-electron chi connectivity index (χ2n) is 0.905. The number of nitrogens with two attached hydrogens (primary N) is 2. The van der Waals surface area contributed by atoms with Crippen molar-refractivity contribution in [2.75, 3.05) is 0 Å². The first kappa shape index (κ1) is 10.2. The van der Waals surface area contributed by atoms with Crippen LogP contribution in [0, 0.1) is 0 Å². The Morgan fingerprint density at radius 1 is 1.75 bits per heavy atom. The summed E-state index contributed by atoms with van der Waals surface area (Å²) < 4.78 is 0. The van der Waals surface area contributed by atoms with Crippen molar-refractivity contribution in [3.8, 4) is 0 Å². The van der Waals surface area contributed by atoms with Crippen molar-refractivity contribution in [3.63, 3.8) is 0 Å². The molecule has 0 aromatic carbocycles. The molecule has 0 heterocycles. The fourth-order valence-electron chi connectivity index (χ4n) is 0.144. The summed E-state index contributed by atoms with van der Waals surface area (Å²) in [6.07, 6.45) is 1.35. The molecule has 0 aromatic rings. The third-order valence-electron chi connectivity index (χ3n) is 0.305. The summed E-state index contributed by atoms with van der Waals surface area (Å²) in [6, 6.07) is 0. The summed E-state index contributed by atoms with van der Waals surface area (Å²) in [7, 11) is 0. The van der Waals surface area contributed by atoms with Gasteiger partial charge < -0.3 is 5.32 Å². The Morgan fingerprint density at radius 2 is 2.12 bits per heavy atom. The standard InChI is InChI=1S/C4H7NO.H4N2/c1-3-5-4(2)6;1-2/h3H,1H2,2H3,(H,5,6);1-2H2. The van der Waals surface area contributed by atoms with Crippen molar-refractivity contribution in [2.24, 2.45) is 11.7 Å². The number of rotatable bonds is 1. The summed E-state index contributed by atoms with van der Waals surface area (Å²) in [5.41, 5.74) is 0. The summed E-state index contributed by atoms with van der Waals surface area (Å²) in [5.74, 6) is 7.92. The summed E-state index contributed by atoms with van der Waals surface area (Å²) in [4.78, 5) is 9.86. The molecule has 0 bridgehead atoms. The average Bonchev–Trinajstić information content (AvgIpc) is 1.72. The third-order valence-corrected chi connectivity index (χ3v) is 0.305. The van der Waals surface area contributed by atoms with Gasteiger partial charge in [-0.1, -0.05) is 6.58 Å². The fourth-order valence-corrected chi connectivity index (χ4v) is 0.144. The first-order chi connectivity index (χ1) is 3.77. The predicted molar refractivity (Wildman–Crippen MR) is 32.4 cm³/mol. The zero-order valence-corrected chi connectivity index (χ0v) is 4.85. The highest BCUT2D eigenvalue weighted by Gasteiger charge is 1.75. The molecule has 0 aliphatic heterocycles. The lowest BCUT2D eigenvalue weighted by Crippen LogP contribution is -2.10. The normalized spacial score (nSPS) is 5.88. The Balaban J connectivity index is 0. The number of hydrazine groups is 1. The van der Waals surface area contributed by atoms with Crippen LogP contribution in [0.3, 0.4) is 0 Å². The van der Waals surface area contributed by atoms with Gasteiger partial charge in [-0.05, 0) is 6.20 Å². The summed E-state index contributed by atoms with van der Waals surface area (Å²) >= 11 is 0. The molecule has 5 N–H and O–H groups in total. The minimum absolute atomic E-state index is 0.0787. The van der Waals surface area contributed by atoms with E-state index in [4.69, 9.17) is 0 Å². The van der Waals surface area contributed by atoms with E-state index in [-0.39, 0.29) is 5.91 Å². The average molecular weight is 117 g/mol. The van der Waals surface area contributed by atoms with Crippen LogP contribution in [0.4, 0.5) is 0 Å². The molecule has 0 aromatic heterocycles. The zero-order chi connectivity index (χ0) is 6.99. The van der Waals surface area contributed by atoms with Gasteiger partial charge in [0, 0.05) is 6.92 Å². The minimum atomic E-state index is -0.0787. The molecule has 0 atom stereocenters. The smallest absolute Gasteiger partial charge is 0.220 e. The Labute approximate surface area is 48.5 Å². The van der Waals surface area contributed by atoms with Gasteiger partial charge in [-0.15, -0.1) is 0 Å². The molecule has 0 unspecified atom stereocenters. The van der Waals surface area contributed by atoms with Crippen LogP contribution in [0.5, 0.6) is 0 Å². The van der Waals surface area contributed by atoms with Gasteiger partial charge in [0.2, 0.25) is 5.91 Å². The second-order valence-corrected chi connectivity index (χ2v) is 0.905. The maximum atomic E-state index is 9.86. The lowest BCUT2D eigenvalue weighted by molar-refractivity contribution is -0.118. The number of carbonyl (C=O) groups is 1. The Hall–Kier alpha value is -0.870. The van der Waals surface area contributed by atoms with Gasteiger partial charge in [0.1, 0.15) is 0 Å². The molecule has 4 heteroatoms. The Kier molecular flexibility index (Phi) is 12.0. The van der Waals surface area contributed by atoms with Gasteiger partial charge in [0.05, 0.1) is 0 Å². The molecule has 0 aliphatic carbocycles. The zero-order valence-electron chi connectivity index (χ0n) is 4.85. The van der Waals surface area contributed by atoms with Crippen LogP contribution in [-0.4, -0.2) is 5.91 Å². The van der Waals surface area contributed by atoms with E-state index in [0.29, 0.717) is 0 Å². The number of nitrogens with one attached hydrogen (secondary N) is 1. The third kappa shape index (κ3) is 19.3. The monoisotopic (exact) mass is 117 g/mol. The highest BCUT2D eigenvalue weighted by molar-refractivity contribution is 5.73. The van der Waals surface area contributed by atoms with Crippen molar-refractivity contribution in [1.29, 1.82) is 0 Å². The second kappa shape index (κ2) is 9.46. The lowest BCUT2D eigenvalue weighted by atomic mass is 10.7. The van der Waals surface area contributed by atoms with Crippen molar-refractivity contribution in [1.82, 2.24) is 5.32 Å². The molecule has 0 radical (unpaired) electrons. The fraction of sp³-hybridized carbons (Fsp3) is 0.250. The first-order valence-electron chi connectivity index (χ1n) is 1.98. The topological polar surface area (TPSA) is 81.1 Å². The maximum Gasteiger partial charge on any atom is 0.220 e. The molecule has 0 spiro atoms. The van der Waals surface area contributed by atoms with E-state index in [9.17, 15) is 4.79 Å². The molecule has 48 valence electrons. The van der Waals surface area contributed by atoms with E-state index in [1.54, 1.807) is 0 Å². The SMILES string of the molecule is C=CNC(C)=O.NN. The summed E-state index contributed by atoms with van der Waals surface area (Å²) in [6.45, 7) is 4.70. The van der Waals surface area contributed by atoms with Crippen molar-refractivity contribution in [3.05, 3.63) is 12.8 Å². The van der Waals surface area contributed by atoms with Gasteiger partial charge in [0.25, 0.3) is 0 Å². The number of hydrogen-bond acceptors (Lipinski definition) is 3. The van der Waals surface area contributed by atoms with E-state index >= 15 is 0 Å². The highest BCUT2D eigenvalue weighted by atomic mass is 16.1. The molecule has 0 aliphatic rings. The molecule has 1 amide bonds. The highest BCUT2D eigenvalue weighted by Crippen LogP contribution is 1.54. The van der Waals surface area contributed by atoms with Crippen LogP contribution >= 0.6 is 0 Å². The summed E-state index contributed by atoms with van der Waals surface area (Å²) in [5, 5.41) is 2.33. The molecular formula is C4H11N3O. The van der Waals surface area contributed by atoms with Crippen LogP contribution in [0.15, 0.2) is 12.8 Å². The molecule has 0 saturated heterocycles. The van der Waals surface area contributed by atoms with E-state index in [0.717, 1.165) is 0 Å². The molecule has 0 rings (SSSR count). The maximum absolute atomic E-state index is 9.86. The lowest BCUT2D eigenvalue weighted by Gasteiger charge is -1.83. The molecule has 8 heavy (non-hydrogen) atoms. The van der Waals surface area contributed by atoms with Gasteiger partial charge >= 0.3 is 0 Å². The van der Waals surface area contributed by atoms with Crippen LogP contribution < -0.4 is 17.0 Å². The van der Waals surface area contributed by atoms with Crippen molar-refractivity contribution >= 4 is 5.91 Å². The molecular weight excluding hydrogens is 106 g/mol. The van der Waals surface area contributed by atoms with Crippen LogP contribution in [0.25, 0.3) is 0 Å². The number of hydrogen-bond donors (Lipinski definition) is 3. The van der Waals surface area contributed by atoms with Crippen molar-refractivity contribution in [2.45, 2.75) is 6.92 Å². The van der Waals surface area contributed by atoms with Crippen LogP contribution in [0.2, 0.25) is 0 Å². The first-order valence-corrected chi connectivity index (χ1v) is 1.98. The Morgan fingerprint density at radius 3 is 2.12 bits per heavy atom. The van der Waals surface area contributed by atoms with Gasteiger partial charge in [-0.3, -0.25) is 16.5 Å². The van der Waals surface area contributed by atoms with Crippen molar-refractivity contribution < 1.29 is 4.79 Å². The quantitative estimate of drug-likeness (QED) is 0.307. The van der Waals surface area contributed by atoms with Gasteiger partial charge in [0.15, 0.2) is 0 Å². The van der Waals surface area contributed by atoms with E-state index in [2.05, 4.69) is 23.6 Å². The Bertz CT molecular complexity index is 71.7.